The minimum atomic E-state index is -4.46. The summed E-state index contributed by atoms with van der Waals surface area (Å²) in [5, 5.41) is 0.0817. The van der Waals surface area contributed by atoms with Crippen LogP contribution >= 0.6 is 11.6 Å². The van der Waals surface area contributed by atoms with Crippen LogP contribution in [-0.4, -0.2) is 23.9 Å². The molecule has 10 heteroatoms. The average Bonchev–Trinajstić information content (AvgIpc) is 2.69. The highest BCUT2D eigenvalue weighted by atomic mass is 35.5. The van der Waals surface area contributed by atoms with Gasteiger partial charge in [0.25, 0.3) is 21.5 Å². The van der Waals surface area contributed by atoms with Gasteiger partial charge in [0.05, 0.1) is 0 Å². The zero-order valence-corrected chi connectivity index (χ0v) is 20.5. The average molecular weight is 490 g/mol. The summed E-state index contributed by atoms with van der Waals surface area (Å²) in [7, 11) is -4.46. The molecule has 33 heavy (non-hydrogen) atoms. The zero-order valence-electron chi connectivity index (χ0n) is 18.9. The maximum Gasteiger partial charge on any atom is 0.271 e. The molecule has 0 unspecified atom stereocenters. The van der Waals surface area contributed by atoms with Gasteiger partial charge in [0.2, 0.25) is 5.88 Å². The van der Waals surface area contributed by atoms with Gasteiger partial charge in [0.1, 0.15) is 16.5 Å². The number of amides is 1. The molecule has 0 spiro atoms. The van der Waals surface area contributed by atoms with Crippen LogP contribution in [0.15, 0.2) is 46.2 Å². The summed E-state index contributed by atoms with van der Waals surface area (Å²) in [6.45, 7) is 9.23. The molecular formula is C23H24ClN3O5S. The smallest absolute Gasteiger partial charge is 0.271 e. The Balaban J connectivity index is 2.05. The van der Waals surface area contributed by atoms with Gasteiger partial charge < -0.3 is 9.30 Å². The number of carbonyl (C=O) groups excluding carboxylic acids is 1. The fourth-order valence-electron chi connectivity index (χ4n) is 3.58. The number of nitrogens with one attached hydrogen (secondary N) is 1. The Morgan fingerprint density at radius 1 is 1.12 bits per heavy atom. The highest BCUT2D eigenvalue weighted by Crippen LogP contribution is 2.33. The molecule has 1 N–H and O–H groups in total. The van der Waals surface area contributed by atoms with Crippen molar-refractivity contribution in [2.24, 2.45) is 0 Å². The third-order valence-electron chi connectivity index (χ3n) is 5.03. The van der Waals surface area contributed by atoms with Gasteiger partial charge in [-0.1, -0.05) is 29.3 Å². The van der Waals surface area contributed by atoms with E-state index in [0.717, 1.165) is 22.8 Å². The maximum atomic E-state index is 13.1. The second-order valence-corrected chi connectivity index (χ2v) is 9.71. The predicted molar refractivity (Wildman–Crippen MR) is 126 cm³/mol. The molecule has 2 heterocycles. The standard InChI is InChI=1S/C23H24ClN3O5S/c1-6-27-9-7-8-17(23(27)29)33(30,31)26-21(28)19-14(3)12-18(24)25-22(19)32-20-15(4)10-13(2)11-16(20)5/h7-12H,6H2,1-5H3,(H,26,28). The second-order valence-electron chi connectivity index (χ2n) is 7.67. The summed E-state index contributed by atoms with van der Waals surface area (Å²) >= 11 is 6.10. The van der Waals surface area contributed by atoms with E-state index in [4.69, 9.17) is 16.3 Å². The van der Waals surface area contributed by atoms with Gasteiger partial charge in [-0.3, -0.25) is 9.59 Å². The minimum Gasteiger partial charge on any atom is -0.438 e. The van der Waals surface area contributed by atoms with E-state index in [1.54, 1.807) is 13.8 Å². The molecule has 0 aliphatic carbocycles. The van der Waals surface area contributed by atoms with Gasteiger partial charge in [0, 0.05) is 12.7 Å². The summed E-state index contributed by atoms with van der Waals surface area (Å²) < 4.78 is 34.9. The largest absolute Gasteiger partial charge is 0.438 e. The molecule has 0 aliphatic heterocycles. The van der Waals surface area contributed by atoms with Gasteiger partial charge in [-0.05, 0) is 69.5 Å². The summed E-state index contributed by atoms with van der Waals surface area (Å²) in [5.74, 6) is -0.636. The van der Waals surface area contributed by atoms with E-state index in [0.29, 0.717) is 11.3 Å². The molecule has 3 aromatic rings. The van der Waals surface area contributed by atoms with E-state index >= 15 is 0 Å². The number of hydrogen-bond acceptors (Lipinski definition) is 6. The number of pyridine rings is 2. The van der Waals surface area contributed by atoms with Crippen molar-refractivity contribution >= 4 is 27.5 Å². The monoisotopic (exact) mass is 489 g/mol. The topological polar surface area (TPSA) is 107 Å². The lowest BCUT2D eigenvalue weighted by atomic mass is 10.1. The Morgan fingerprint density at radius 3 is 2.36 bits per heavy atom. The molecule has 0 aliphatic rings. The summed E-state index contributed by atoms with van der Waals surface area (Å²) in [5.41, 5.74) is 2.20. The molecule has 8 nitrogen and oxygen atoms in total. The van der Waals surface area contributed by atoms with Crippen molar-refractivity contribution < 1.29 is 17.9 Å². The van der Waals surface area contributed by atoms with Crippen LogP contribution in [0.3, 0.4) is 0 Å². The number of halogens is 1. The molecule has 1 amide bonds. The highest BCUT2D eigenvalue weighted by Gasteiger charge is 2.27. The first-order chi connectivity index (χ1) is 15.4. The SMILES string of the molecule is CCn1cccc(S(=O)(=O)NC(=O)c2c(C)cc(Cl)nc2Oc2c(C)cc(C)cc2C)c1=O. The minimum absolute atomic E-state index is 0.0817. The Labute approximate surface area is 197 Å². The Kier molecular flexibility index (Phi) is 6.94. The molecular weight excluding hydrogens is 466 g/mol. The third kappa shape index (κ3) is 5.09. The third-order valence-corrected chi connectivity index (χ3v) is 6.56. The number of hydrogen-bond donors (Lipinski definition) is 1. The first-order valence-corrected chi connectivity index (χ1v) is 12.0. The van der Waals surface area contributed by atoms with Crippen molar-refractivity contribution in [2.45, 2.75) is 46.1 Å². The van der Waals surface area contributed by atoms with E-state index in [9.17, 15) is 18.0 Å². The van der Waals surface area contributed by atoms with Crippen molar-refractivity contribution in [3.05, 3.63) is 79.9 Å². The molecule has 0 saturated heterocycles. The van der Waals surface area contributed by atoms with Crippen LogP contribution in [0.4, 0.5) is 0 Å². The fraction of sp³-hybridized carbons (Fsp3) is 0.261. The summed E-state index contributed by atoms with van der Waals surface area (Å²) in [4.78, 5) is 29.2. The Morgan fingerprint density at radius 2 is 1.76 bits per heavy atom. The maximum absolute atomic E-state index is 13.1. The number of carbonyl (C=O) groups is 1. The van der Waals surface area contributed by atoms with Crippen molar-refractivity contribution in [2.75, 3.05) is 0 Å². The van der Waals surface area contributed by atoms with Gasteiger partial charge in [-0.15, -0.1) is 0 Å². The van der Waals surface area contributed by atoms with Crippen LogP contribution in [0, 0.1) is 27.7 Å². The van der Waals surface area contributed by atoms with Crippen LogP contribution in [0.25, 0.3) is 0 Å². The van der Waals surface area contributed by atoms with Crippen LogP contribution < -0.4 is 15.0 Å². The number of sulfonamides is 1. The lowest BCUT2D eigenvalue weighted by Gasteiger charge is -2.16. The van der Waals surface area contributed by atoms with Gasteiger partial charge in [0.15, 0.2) is 4.90 Å². The molecule has 0 saturated carbocycles. The van der Waals surface area contributed by atoms with E-state index in [1.807, 2.05) is 37.6 Å². The van der Waals surface area contributed by atoms with Crippen LogP contribution in [0.5, 0.6) is 11.6 Å². The van der Waals surface area contributed by atoms with Crippen molar-refractivity contribution in [1.29, 1.82) is 0 Å². The molecule has 0 fully saturated rings. The van der Waals surface area contributed by atoms with Crippen molar-refractivity contribution in [3.63, 3.8) is 0 Å². The number of benzene rings is 1. The Bertz CT molecular complexity index is 1390. The molecule has 0 bridgehead atoms. The first-order valence-electron chi connectivity index (χ1n) is 10.1. The lowest BCUT2D eigenvalue weighted by Crippen LogP contribution is -2.36. The van der Waals surface area contributed by atoms with E-state index in [2.05, 4.69) is 4.98 Å². The molecule has 2 aromatic heterocycles. The summed E-state index contributed by atoms with van der Waals surface area (Å²) in [6, 6.07) is 7.83. The van der Waals surface area contributed by atoms with Crippen molar-refractivity contribution in [1.82, 2.24) is 14.3 Å². The lowest BCUT2D eigenvalue weighted by molar-refractivity contribution is 0.0978. The molecule has 3 rings (SSSR count). The van der Waals surface area contributed by atoms with Crippen molar-refractivity contribution in [3.8, 4) is 11.6 Å². The zero-order chi connectivity index (χ0) is 24.5. The molecule has 0 radical (unpaired) electrons. The van der Waals surface area contributed by atoms with Crippen LogP contribution in [0.2, 0.25) is 5.15 Å². The Hall–Kier alpha value is -3.17. The van der Waals surface area contributed by atoms with Crippen LogP contribution in [-0.2, 0) is 16.6 Å². The quantitative estimate of drug-likeness (QED) is 0.523. The predicted octanol–water partition coefficient (Wildman–Crippen LogP) is 4.06. The van der Waals surface area contributed by atoms with E-state index in [-0.39, 0.29) is 23.1 Å². The van der Waals surface area contributed by atoms with E-state index < -0.39 is 26.4 Å². The number of rotatable bonds is 6. The van der Waals surface area contributed by atoms with Gasteiger partial charge in [-0.25, -0.2) is 18.1 Å². The molecule has 174 valence electrons. The van der Waals surface area contributed by atoms with E-state index in [1.165, 1.54) is 22.9 Å². The number of ether oxygens (including phenoxy) is 1. The number of nitrogens with zero attached hydrogens (tertiary/aromatic N) is 2. The highest BCUT2D eigenvalue weighted by molar-refractivity contribution is 7.90. The molecule has 1 aromatic carbocycles. The van der Waals surface area contributed by atoms with Crippen LogP contribution in [0.1, 0.15) is 39.5 Å². The number of aryl methyl sites for hydroxylation is 5. The summed E-state index contributed by atoms with van der Waals surface area (Å²) in [6.07, 6.45) is 1.47. The second kappa shape index (κ2) is 9.36. The molecule has 0 atom stereocenters. The van der Waals surface area contributed by atoms with Gasteiger partial charge in [-0.2, -0.15) is 0 Å². The first kappa shape index (κ1) is 24.5. The normalized spacial score (nSPS) is 11.3. The fourth-order valence-corrected chi connectivity index (χ4v) is 4.88. The number of aromatic nitrogens is 2. The van der Waals surface area contributed by atoms with Gasteiger partial charge >= 0.3 is 0 Å².